The molecule has 0 aliphatic rings. The average Bonchev–Trinajstić information content (AvgIpc) is 3.01. The summed E-state index contributed by atoms with van der Waals surface area (Å²) in [7, 11) is -4.02. The third kappa shape index (κ3) is 2.92. The van der Waals surface area contributed by atoms with Crippen LogP contribution in [0.25, 0.3) is 5.69 Å². The van der Waals surface area contributed by atoms with Crippen LogP contribution in [0, 0.1) is 0 Å². The van der Waals surface area contributed by atoms with Gasteiger partial charge in [0.15, 0.2) is 0 Å². The van der Waals surface area contributed by atoms with Crippen LogP contribution >= 0.6 is 11.6 Å². The van der Waals surface area contributed by atoms with E-state index >= 15 is 0 Å². The van der Waals surface area contributed by atoms with E-state index in [2.05, 4.69) is 15.5 Å². The normalized spacial score (nSPS) is 11.3. The van der Waals surface area contributed by atoms with Crippen molar-refractivity contribution in [2.24, 2.45) is 0 Å². The second kappa shape index (κ2) is 5.74. The van der Waals surface area contributed by atoms with Crippen molar-refractivity contribution in [2.75, 3.05) is 0 Å². The zero-order valence-electron chi connectivity index (χ0n) is 11.0. The zero-order chi connectivity index (χ0) is 15.6. The lowest BCUT2D eigenvalue weighted by Gasteiger charge is -2.09. The molecule has 0 atom stereocenters. The van der Waals surface area contributed by atoms with Crippen molar-refractivity contribution in [3.05, 3.63) is 59.9 Å². The Morgan fingerprint density at radius 1 is 1.09 bits per heavy atom. The van der Waals surface area contributed by atoms with Crippen LogP contribution in [-0.4, -0.2) is 28.6 Å². The van der Waals surface area contributed by atoms with E-state index < -0.39 is 10.1 Å². The molecule has 0 saturated heterocycles. The molecule has 0 fully saturated rings. The van der Waals surface area contributed by atoms with Crippen LogP contribution in [0.1, 0.15) is 0 Å². The van der Waals surface area contributed by atoms with E-state index in [4.69, 9.17) is 15.8 Å². The number of tetrazole rings is 1. The van der Waals surface area contributed by atoms with E-state index in [-0.39, 0.29) is 15.7 Å². The van der Waals surface area contributed by atoms with Crippen LogP contribution in [-0.2, 0) is 10.1 Å². The Labute approximate surface area is 131 Å². The fourth-order valence-corrected chi connectivity index (χ4v) is 3.19. The van der Waals surface area contributed by atoms with Crippen molar-refractivity contribution < 1.29 is 12.6 Å². The van der Waals surface area contributed by atoms with E-state index in [0.29, 0.717) is 5.69 Å². The van der Waals surface area contributed by atoms with Gasteiger partial charge in [0.2, 0.25) is 0 Å². The van der Waals surface area contributed by atoms with E-state index in [1.807, 2.05) is 0 Å². The Morgan fingerprint density at radius 2 is 1.91 bits per heavy atom. The molecule has 0 radical (unpaired) electrons. The molecular weight excluding hydrogens is 328 g/mol. The molecule has 7 nitrogen and oxygen atoms in total. The number of rotatable bonds is 4. The molecule has 3 rings (SSSR count). The number of nitrogens with zero attached hydrogens (tertiary/aromatic N) is 4. The zero-order valence-corrected chi connectivity index (χ0v) is 12.6. The third-order valence-electron chi connectivity index (χ3n) is 2.74. The molecule has 0 saturated carbocycles. The van der Waals surface area contributed by atoms with Gasteiger partial charge in [-0.1, -0.05) is 29.8 Å². The third-order valence-corrected chi connectivity index (χ3v) is 4.49. The Bertz CT molecular complexity index is 897. The second-order valence-electron chi connectivity index (χ2n) is 4.22. The van der Waals surface area contributed by atoms with Crippen molar-refractivity contribution in [3.8, 4) is 11.4 Å². The lowest BCUT2D eigenvalue weighted by Crippen LogP contribution is -2.10. The summed E-state index contributed by atoms with van der Waals surface area (Å²) in [5.41, 5.74) is 0.567. The highest BCUT2D eigenvalue weighted by atomic mass is 35.5. The first kappa shape index (κ1) is 14.5. The molecule has 2 aromatic carbocycles. The lowest BCUT2D eigenvalue weighted by molar-refractivity contribution is 0.486. The van der Waals surface area contributed by atoms with Crippen molar-refractivity contribution in [3.63, 3.8) is 0 Å². The minimum atomic E-state index is -4.02. The summed E-state index contributed by atoms with van der Waals surface area (Å²) >= 11 is 5.90. The minimum absolute atomic E-state index is 0.0931. The Hall–Kier alpha value is -2.45. The van der Waals surface area contributed by atoms with Crippen molar-refractivity contribution in [1.82, 2.24) is 20.2 Å². The summed E-state index contributed by atoms with van der Waals surface area (Å²) in [6.07, 6.45) is 1.39. The van der Waals surface area contributed by atoms with Gasteiger partial charge in [-0.25, -0.2) is 4.68 Å². The maximum atomic E-state index is 12.3. The number of halogens is 1. The summed E-state index contributed by atoms with van der Waals surface area (Å²) in [6.45, 7) is 0. The van der Waals surface area contributed by atoms with E-state index in [1.165, 1.54) is 35.3 Å². The fourth-order valence-electron chi connectivity index (χ4n) is 1.78. The van der Waals surface area contributed by atoms with Crippen LogP contribution in [0.5, 0.6) is 5.75 Å². The maximum absolute atomic E-state index is 12.3. The van der Waals surface area contributed by atoms with Gasteiger partial charge in [-0.05, 0) is 34.7 Å². The maximum Gasteiger partial charge on any atom is 0.340 e. The predicted octanol–water partition coefficient (Wildman–Crippen LogP) is 2.08. The SMILES string of the molecule is O=S(=O)(Oc1cccc(-n2cnnn2)c1)c1ccccc1Cl. The summed E-state index contributed by atoms with van der Waals surface area (Å²) in [5, 5.41) is 10.9. The summed E-state index contributed by atoms with van der Waals surface area (Å²) in [5.74, 6) is 0.132. The molecule has 112 valence electrons. The van der Waals surface area contributed by atoms with E-state index in [0.717, 1.165) is 0 Å². The van der Waals surface area contributed by atoms with Gasteiger partial charge in [0.25, 0.3) is 0 Å². The molecule has 0 spiro atoms. The van der Waals surface area contributed by atoms with Crippen molar-refractivity contribution in [2.45, 2.75) is 4.90 Å². The highest BCUT2D eigenvalue weighted by Gasteiger charge is 2.20. The Balaban J connectivity index is 1.93. The van der Waals surface area contributed by atoms with Gasteiger partial charge in [-0.3, -0.25) is 0 Å². The van der Waals surface area contributed by atoms with Crippen LogP contribution in [0.3, 0.4) is 0 Å². The van der Waals surface area contributed by atoms with Gasteiger partial charge in [-0.2, -0.15) is 8.42 Å². The highest BCUT2D eigenvalue weighted by Crippen LogP contribution is 2.25. The number of hydrogen-bond acceptors (Lipinski definition) is 6. The number of benzene rings is 2. The molecule has 1 aromatic heterocycles. The molecule has 3 aromatic rings. The van der Waals surface area contributed by atoms with Crippen LogP contribution in [0.4, 0.5) is 0 Å². The molecular formula is C13H9ClN4O3S. The minimum Gasteiger partial charge on any atom is -0.379 e. The lowest BCUT2D eigenvalue weighted by atomic mass is 10.3. The number of hydrogen-bond donors (Lipinski definition) is 0. The van der Waals surface area contributed by atoms with Crippen LogP contribution < -0.4 is 4.18 Å². The van der Waals surface area contributed by atoms with Gasteiger partial charge in [-0.15, -0.1) is 5.10 Å². The molecule has 0 N–H and O–H groups in total. The van der Waals surface area contributed by atoms with Gasteiger partial charge in [0, 0.05) is 6.07 Å². The summed E-state index contributed by atoms with van der Waals surface area (Å²) < 4.78 is 31.0. The standard InChI is InChI=1S/C13H9ClN4O3S/c14-12-6-1-2-7-13(12)22(19,20)21-11-5-3-4-10(8-11)18-9-15-16-17-18/h1-9H. The first-order chi connectivity index (χ1) is 10.6. The molecule has 0 bridgehead atoms. The van der Waals surface area contributed by atoms with Gasteiger partial charge >= 0.3 is 10.1 Å². The first-order valence-corrected chi connectivity index (χ1v) is 7.87. The van der Waals surface area contributed by atoms with E-state index in [1.54, 1.807) is 24.3 Å². The van der Waals surface area contributed by atoms with Gasteiger partial charge in [0.1, 0.15) is 17.0 Å². The van der Waals surface area contributed by atoms with Crippen molar-refractivity contribution >= 4 is 21.7 Å². The highest BCUT2D eigenvalue weighted by molar-refractivity contribution is 7.87. The Morgan fingerprint density at radius 3 is 2.64 bits per heavy atom. The quantitative estimate of drug-likeness (QED) is 0.678. The molecule has 0 unspecified atom stereocenters. The van der Waals surface area contributed by atoms with Crippen molar-refractivity contribution in [1.29, 1.82) is 0 Å². The van der Waals surface area contributed by atoms with Gasteiger partial charge < -0.3 is 4.18 Å². The van der Waals surface area contributed by atoms with Crippen LogP contribution in [0.2, 0.25) is 5.02 Å². The molecule has 0 amide bonds. The molecule has 9 heteroatoms. The first-order valence-electron chi connectivity index (χ1n) is 6.09. The summed E-state index contributed by atoms with van der Waals surface area (Å²) in [6, 6.07) is 12.4. The second-order valence-corrected chi connectivity index (χ2v) is 6.14. The largest absolute Gasteiger partial charge is 0.379 e. The Kier molecular flexibility index (Phi) is 3.78. The molecule has 1 heterocycles. The molecule has 0 aliphatic heterocycles. The summed E-state index contributed by atoms with van der Waals surface area (Å²) in [4.78, 5) is -0.0931. The predicted molar refractivity (Wildman–Crippen MR) is 78.4 cm³/mol. The van der Waals surface area contributed by atoms with E-state index in [9.17, 15) is 8.42 Å². The number of aromatic nitrogens is 4. The van der Waals surface area contributed by atoms with Crippen LogP contribution in [0.15, 0.2) is 59.8 Å². The molecule has 0 aliphatic carbocycles. The fraction of sp³-hybridized carbons (Fsp3) is 0. The van der Waals surface area contributed by atoms with Gasteiger partial charge in [0.05, 0.1) is 10.7 Å². The topological polar surface area (TPSA) is 87.0 Å². The smallest absolute Gasteiger partial charge is 0.340 e. The molecule has 22 heavy (non-hydrogen) atoms. The monoisotopic (exact) mass is 336 g/mol. The average molecular weight is 337 g/mol.